The van der Waals surface area contributed by atoms with Crippen LogP contribution in [0.15, 0.2) is 42.2 Å². The Morgan fingerprint density at radius 3 is 2.73 bits per heavy atom. The Kier molecular flexibility index (Phi) is 3.74. The van der Waals surface area contributed by atoms with Crippen molar-refractivity contribution in [1.82, 2.24) is 10.6 Å². The van der Waals surface area contributed by atoms with Gasteiger partial charge in [-0.15, -0.1) is 0 Å². The van der Waals surface area contributed by atoms with Gasteiger partial charge in [-0.25, -0.2) is 0 Å². The second-order valence-electron chi connectivity index (χ2n) is 9.24. The number of fused-ring (bicyclic) bond motifs is 3. The fourth-order valence-electron chi connectivity index (χ4n) is 6.76. The lowest BCUT2D eigenvalue weighted by molar-refractivity contribution is -0.125. The molecule has 0 heterocycles. The van der Waals surface area contributed by atoms with E-state index in [1.165, 1.54) is 60.8 Å². The van der Waals surface area contributed by atoms with Gasteiger partial charge in [-0.2, -0.15) is 0 Å². The third-order valence-electron chi connectivity index (χ3n) is 8.17. The predicted octanol–water partition coefficient (Wildman–Crippen LogP) is 5.02. The van der Waals surface area contributed by atoms with Crippen LogP contribution < -0.4 is 10.6 Å². The standard InChI is InChI=1S/C24H32N2/c1-15-19-9-5-4-8-18(19)14-21(15)16(2)25-17(3)26-23-20-10-6-11-22(20)24(23)12-7-13-24/h4-5,8-9,16,20,22-23,25-26H,3,6-7,10-14H2,1-2H3/t16-,20?,22?,23?/m0/s1. The zero-order valence-corrected chi connectivity index (χ0v) is 16.3. The van der Waals surface area contributed by atoms with Gasteiger partial charge >= 0.3 is 0 Å². The Morgan fingerprint density at radius 2 is 2.00 bits per heavy atom. The largest absolute Gasteiger partial charge is 0.369 e. The monoisotopic (exact) mass is 348 g/mol. The summed E-state index contributed by atoms with van der Waals surface area (Å²) in [6, 6.07) is 9.83. The van der Waals surface area contributed by atoms with Crippen molar-refractivity contribution in [2.45, 2.75) is 70.9 Å². The van der Waals surface area contributed by atoms with E-state index in [2.05, 4.69) is 55.3 Å². The maximum absolute atomic E-state index is 4.36. The molecule has 3 unspecified atom stereocenters. The van der Waals surface area contributed by atoms with Crippen LogP contribution in [0.2, 0.25) is 0 Å². The first-order chi connectivity index (χ1) is 12.6. The van der Waals surface area contributed by atoms with Gasteiger partial charge in [-0.1, -0.05) is 43.7 Å². The van der Waals surface area contributed by atoms with Crippen LogP contribution in [-0.2, 0) is 6.42 Å². The molecule has 1 aromatic rings. The fraction of sp³-hybridized carbons (Fsp3) is 0.583. The van der Waals surface area contributed by atoms with Gasteiger partial charge in [-0.05, 0) is 85.5 Å². The van der Waals surface area contributed by atoms with Crippen molar-refractivity contribution in [2.75, 3.05) is 0 Å². The molecule has 2 nitrogen and oxygen atoms in total. The summed E-state index contributed by atoms with van der Waals surface area (Å²) in [6.45, 7) is 8.91. The van der Waals surface area contributed by atoms with E-state index in [1.807, 2.05) is 0 Å². The quantitative estimate of drug-likeness (QED) is 0.780. The van der Waals surface area contributed by atoms with Gasteiger partial charge in [0.05, 0.1) is 5.82 Å². The highest BCUT2D eigenvalue weighted by atomic mass is 15.1. The van der Waals surface area contributed by atoms with E-state index >= 15 is 0 Å². The lowest BCUT2D eigenvalue weighted by Crippen LogP contribution is -2.68. The Bertz CT molecular complexity index is 770. The zero-order valence-electron chi connectivity index (χ0n) is 16.3. The van der Waals surface area contributed by atoms with Gasteiger partial charge in [0.2, 0.25) is 0 Å². The van der Waals surface area contributed by atoms with Crippen LogP contribution in [-0.4, -0.2) is 12.1 Å². The first-order valence-electron chi connectivity index (χ1n) is 10.6. The smallest absolute Gasteiger partial charge is 0.0919 e. The fourth-order valence-corrected chi connectivity index (χ4v) is 6.76. The van der Waals surface area contributed by atoms with Gasteiger partial charge in [-0.3, -0.25) is 0 Å². The number of allylic oxidation sites excluding steroid dienone is 1. The van der Waals surface area contributed by atoms with E-state index < -0.39 is 0 Å². The molecule has 1 spiro atoms. The van der Waals surface area contributed by atoms with Crippen molar-refractivity contribution in [3.05, 3.63) is 53.4 Å². The van der Waals surface area contributed by atoms with Crippen LogP contribution in [0.5, 0.6) is 0 Å². The molecule has 3 saturated carbocycles. The summed E-state index contributed by atoms with van der Waals surface area (Å²) in [4.78, 5) is 0. The number of hydrogen-bond acceptors (Lipinski definition) is 2. The summed E-state index contributed by atoms with van der Waals surface area (Å²) in [5.41, 5.74) is 6.47. The molecule has 2 N–H and O–H groups in total. The summed E-state index contributed by atoms with van der Waals surface area (Å²) in [7, 11) is 0. The number of hydrogen-bond donors (Lipinski definition) is 2. The van der Waals surface area contributed by atoms with Crippen LogP contribution >= 0.6 is 0 Å². The minimum atomic E-state index is 0.333. The summed E-state index contributed by atoms with van der Waals surface area (Å²) in [6.07, 6.45) is 9.72. The summed E-state index contributed by atoms with van der Waals surface area (Å²) in [5.74, 6) is 2.95. The normalized spacial score (nSPS) is 31.7. The van der Waals surface area contributed by atoms with Crippen molar-refractivity contribution < 1.29 is 0 Å². The Morgan fingerprint density at radius 1 is 1.19 bits per heavy atom. The minimum Gasteiger partial charge on any atom is -0.369 e. The van der Waals surface area contributed by atoms with Crippen molar-refractivity contribution in [3.63, 3.8) is 0 Å². The van der Waals surface area contributed by atoms with Crippen LogP contribution in [0.1, 0.15) is 63.5 Å². The highest BCUT2D eigenvalue weighted by Gasteiger charge is 2.64. The van der Waals surface area contributed by atoms with E-state index in [9.17, 15) is 0 Å². The van der Waals surface area contributed by atoms with E-state index in [0.29, 0.717) is 17.5 Å². The molecule has 0 aliphatic heterocycles. The predicted molar refractivity (Wildman–Crippen MR) is 109 cm³/mol. The van der Waals surface area contributed by atoms with Gasteiger partial charge in [0.15, 0.2) is 0 Å². The first kappa shape index (κ1) is 16.5. The van der Waals surface area contributed by atoms with E-state index in [1.54, 1.807) is 0 Å². The van der Waals surface area contributed by atoms with Gasteiger partial charge < -0.3 is 10.6 Å². The molecule has 5 rings (SSSR count). The maximum atomic E-state index is 4.36. The highest BCUT2D eigenvalue weighted by molar-refractivity contribution is 5.75. The van der Waals surface area contributed by atoms with Crippen molar-refractivity contribution in [2.24, 2.45) is 17.3 Å². The van der Waals surface area contributed by atoms with Crippen LogP contribution in [0.3, 0.4) is 0 Å². The molecular formula is C24H32N2. The summed E-state index contributed by atoms with van der Waals surface area (Å²) < 4.78 is 0. The number of rotatable bonds is 5. The Balaban J connectivity index is 1.25. The second kappa shape index (κ2) is 5.90. The molecule has 4 aliphatic carbocycles. The van der Waals surface area contributed by atoms with E-state index in [4.69, 9.17) is 0 Å². The van der Waals surface area contributed by atoms with E-state index in [0.717, 1.165) is 24.1 Å². The second-order valence-corrected chi connectivity index (χ2v) is 9.24. The topological polar surface area (TPSA) is 24.1 Å². The Labute approximate surface area is 158 Å². The van der Waals surface area contributed by atoms with Gasteiger partial charge in [0.25, 0.3) is 0 Å². The molecule has 0 radical (unpaired) electrons. The van der Waals surface area contributed by atoms with Crippen molar-refractivity contribution >= 4 is 5.57 Å². The molecule has 4 atom stereocenters. The Hall–Kier alpha value is -1.70. The lowest BCUT2D eigenvalue weighted by atomic mass is 9.43. The molecular weight excluding hydrogens is 316 g/mol. The molecule has 138 valence electrons. The van der Waals surface area contributed by atoms with Crippen LogP contribution in [0.4, 0.5) is 0 Å². The van der Waals surface area contributed by atoms with Crippen molar-refractivity contribution in [1.29, 1.82) is 0 Å². The summed E-state index contributed by atoms with van der Waals surface area (Å²) >= 11 is 0. The third kappa shape index (κ3) is 2.23. The van der Waals surface area contributed by atoms with E-state index in [-0.39, 0.29) is 0 Å². The van der Waals surface area contributed by atoms with Crippen molar-refractivity contribution in [3.8, 4) is 0 Å². The molecule has 2 heteroatoms. The zero-order chi connectivity index (χ0) is 17.9. The maximum Gasteiger partial charge on any atom is 0.0919 e. The first-order valence-corrected chi connectivity index (χ1v) is 10.6. The minimum absolute atomic E-state index is 0.333. The molecule has 0 bridgehead atoms. The molecule has 0 aromatic heterocycles. The summed E-state index contributed by atoms with van der Waals surface area (Å²) in [5, 5.41) is 7.53. The third-order valence-corrected chi connectivity index (χ3v) is 8.17. The molecule has 26 heavy (non-hydrogen) atoms. The van der Waals surface area contributed by atoms with Crippen LogP contribution in [0, 0.1) is 17.3 Å². The average Bonchev–Trinajstić information content (AvgIpc) is 3.15. The molecule has 4 aliphatic rings. The number of benzene rings is 1. The molecule has 0 saturated heterocycles. The van der Waals surface area contributed by atoms with Gasteiger partial charge in [0.1, 0.15) is 0 Å². The SMILES string of the molecule is C=C(NC1C2CCCC2C12CCC2)N[C@@H](C)C1=C(C)c2ccccc2C1. The molecule has 0 amide bonds. The van der Waals surface area contributed by atoms with Crippen LogP contribution in [0.25, 0.3) is 5.57 Å². The average molecular weight is 349 g/mol. The molecule has 3 fully saturated rings. The molecule has 1 aromatic carbocycles. The number of nitrogens with one attached hydrogen (secondary N) is 2. The highest BCUT2D eigenvalue weighted by Crippen LogP contribution is 2.67. The lowest BCUT2D eigenvalue weighted by Gasteiger charge is -2.65. The van der Waals surface area contributed by atoms with Gasteiger partial charge in [0, 0.05) is 12.1 Å².